The van der Waals surface area contributed by atoms with Crippen molar-refractivity contribution < 1.29 is 4.79 Å². The van der Waals surface area contributed by atoms with Crippen molar-refractivity contribution in [2.45, 2.75) is 26.7 Å². The number of carbonyl (C=O) groups excluding carboxylic acids is 1. The molecule has 1 aliphatic heterocycles. The third-order valence-corrected chi connectivity index (χ3v) is 4.36. The van der Waals surface area contributed by atoms with Gasteiger partial charge in [0.1, 0.15) is 0 Å². The summed E-state index contributed by atoms with van der Waals surface area (Å²) in [5.41, 5.74) is 3.47. The number of likely N-dealkylation sites (tertiary alicyclic amines) is 1. The number of rotatable bonds is 5. The van der Waals surface area contributed by atoms with E-state index in [9.17, 15) is 4.79 Å². The molecule has 1 saturated heterocycles. The van der Waals surface area contributed by atoms with Crippen LogP contribution in [0.5, 0.6) is 0 Å². The van der Waals surface area contributed by atoms with Crippen LogP contribution in [0.1, 0.15) is 24.0 Å². The molecule has 0 aliphatic carbocycles. The van der Waals surface area contributed by atoms with Crippen molar-refractivity contribution in [3.05, 3.63) is 29.3 Å². The van der Waals surface area contributed by atoms with Gasteiger partial charge in [0.2, 0.25) is 5.91 Å². The maximum atomic E-state index is 12.3. The summed E-state index contributed by atoms with van der Waals surface area (Å²) in [5, 5.41) is 6.54. The summed E-state index contributed by atoms with van der Waals surface area (Å²) in [7, 11) is 1.99. The third-order valence-electron chi connectivity index (χ3n) is 4.36. The fraction of sp³-hybridized carbons (Fsp3) is 0.588. The Morgan fingerprint density at radius 3 is 2.43 bits per heavy atom. The molecule has 4 nitrogen and oxygen atoms in total. The first-order valence-electron chi connectivity index (χ1n) is 7.84. The average Bonchev–Trinajstić information content (AvgIpc) is 2.47. The highest BCUT2D eigenvalue weighted by molar-refractivity contribution is 5.81. The summed E-state index contributed by atoms with van der Waals surface area (Å²) in [6.45, 7) is 7.37. The minimum Gasteiger partial charge on any atom is -0.376 e. The molecule has 1 aromatic carbocycles. The third kappa shape index (κ3) is 4.21. The lowest BCUT2D eigenvalue weighted by molar-refractivity contribution is -0.130. The fourth-order valence-electron chi connectivity index (χ4n) is 3.04. The SMILES string of the molecule is CNCC1CCN(C(=O)CNc2c(C)cccc2C)CC1. The zero-order valence-corrected chi connectivity index (χ0v) is 13.4. The molecular weight excluding hydrogens is 262 g/mol. The monoisotopic (exact) mass is 289 g/mol. The van der Waals surface area contributed by atoms with Gasteiger partial charge in [0.15, 0.2) is 0 Å². The van der Waals surface area contributed by atoms with Crippen molar-refractivity contribution in [3.63, 3.8) is 0 Å². The molecule has 0 saturated carbocycles. The Bertz CT molecular complexity index is 459. The molecule has 1 aliphatic rings. The van der Waals surface area contributed by atoms with Crippen LogP contribution in [0.25, 0.3) is 0 Å². The normalized spacial score (nSPS) is 16.0. The molecule has 21 heavy (non-hydrogen) atoms. The van der Waals surface area contributed by atoms with Gasteiger partial charge < -0.3 is 15.5 Å². The first-order valence-corrected chi connectivity index (χ1v) is 7.84. The number of nitrogens with zero attached hydrogens (tertiary/aromatic N) is 1. The number of anilines is 1. The molecular formula is C17H27N3O. The van der Waals surface area contributed by atoms with Crippen LogP contribution in [0, 0.1) is 19.8 Å². The number of para-hydroxylation sites is 1. The van der Waals surface area contributed by atoms with E-state index >= 15 is 0 Å². The molecule has 1 amide bonds. The van der Waals surface area contributed by atoms with Gasteiger partial charge in [-0.15, -0.1) is 0 Å². The number of hydrogen-bond acceptors (Lipinski definition) is 3. The van der Waals surface area contributed by atoms with Crippen LogP contribution in [-0.2, 0) is 4.79 Å². The molecule has 0 radical (unpaired) electrons. The van der Waals surface area contributed by atoms with Gasteiger partial charge in [-0.05, 0) is 57.3 Å². The predicted octanol–water partition coefficient (Wildman–Crippen LogP) is 2.17. The standard InChI is InChI=1S/C17H27N3O/c1-13-5-4-6-14(2)17(13)19-12-16(21)20-9-7-15(8-10-20)11-18-3/h4-6,15,18-19H,7-12H2,1-3H3. The van der Waals surface area contributed by atoms with Crippen LogP contribution in [0.4, 0.5) is 5.69 Å². The van der Waals surface area contributed by atoms with Gasteiger partial charge in [0.05, 0.1) is 6.54 Å². The number of aryl methyl sites for hydroxylation is 2. The Labute approximate surface area is 127 Å². The molecule has 2 rings (SSSR count). The largest absolute Gasteiger partial charge is 0.376 e. The molecule has 0 atom stereocenters. The summed E-state index contributed by atoms with van der Waals surface area (Å²) in [6, 6.07) is 6.19. The zero-order chi connectivity index (χ0) is 15.2. The summed E-state index contributed by atoms with van der Waals surface area (Å²) >= 11 is 0. The minimum atomic E-state index is 0.209. The predicted molar refractivity (Wildman–Crippen MR) is 87.6 cm³/mol. The van der Waals surface area contributed by atoms with E-state index in [0.717, 1.165) is 38.2 Å². The molecule has 2 N–H and O–H groups in total. The van der Waals surface area contributed by atoms with Crippen LogP contribution >= 0.6 is 0 Å². The molecule has 1 heterocycles. The smallest absolute Gasteiger partial charge is 0.241 e. The molecule has 116 valence electrons. The lowest BCUT2D eigenvalue weighted by Gasteiger charge is -2.32. The van der Waals surface area contributed by atoms with E-state index in [0.29, 0.717) is 12.5 Å². The number of amides is 1. The molecule has 0 spiro atoms. The van der Waals surface area contributed by atoms with E-state index in [-0.39, 0.29) is 5.91 Å². The second-order valence-electron chi connectivity index (χ2n) is 6.00. The Morgan fingerprint density at radius 2 is 1.86 bits per heavy atom. The number of carbonyl (C=O) groups is 1. The fourth-order valence-corrected chi connectivity index (χ4v) is 3.04. The van der Waals surface area contributed by atoms with Crippen LogP contribution in [-0.4, -0.2) is 44.0 Å². The highest BCUT2D eigenvalue weighted by atomic mass is 16.2. The molecule has 0 bridgehead atoms. The molecule has 0 unspecified atom stereocenters. The van der Waals surface area contributed by atoms with Gasteiger partial charge in [-0.25, -0.2) is 0 Å². The Hall–Kier alpha value is -1.55. The van der Waals surface area contributed by atoms with Crippen LogP contribution in [0.15, 0.2) is 18.2 Å². The van der Waals surface area contributed by atoms with E-state index in [4.69, 9.17) is 0 Å². The van der Waals surface area contributed by atoms with Crippen molar-refractivity contribution >= 4 is 11.6 Å². The summed E-state index contributed by atoms with van der Waals surface area (Å²) in [4.78, 5) is 14.3. The van der Waals surface area contributed by atoms with Crippen LogP contribution < -0.4 is 10.6 Å². The Kier molecular flexibility index (Phi) is 5.62. The second-order valence-corrected chi connectivity index (χ2v) is 6.00. The number of nitrogens with one attached hydrogen (secondary N) is 2. The topological polar surface area (TPSA) is 44.4 Å². The van der Waals surface area contributed by atoms with Gasteiger partial charge in [0.25, 0.3) is 0 Å². The van der Waals surface area contributed by atoms with Crippen molar-refractivity contribution in [2.75, 3.05) is 38.5 Å². The van der Waals surface area contributed by atoms with Crippen LogP contribution in [0.3, 0.4) is 0 Å². The summed E-state index contributed by atoms with van der Waals surface area (Å²) < 4.78 is 0. The lowest BCUT2D eigenvalue weighted by atomic mass is 9.97. The van der Waals surface area contributed by atoms with Crippen molar-refractivity contribution in [2.24, 2.45) is 5.92 Å². The molecule has 1 fully saturated rings. The van der Waals surface area contributed by atoms with E-state index < -0.39 is 0 Å². The zero-order valence-electron chi connectivity index (χ0n) is 13.4. The van der Waals surface area contributed by atoms with Crippen molar-refractivity contribution in [1.82, 2.24) is 10.2 Å². The number of piperidine rings is 1. The van der Waals surface area contributed by atoms with Gasteiger partial charge in [-0.3, -0.25) is 4.79 Å². The Morgan fingerprint density at radius 1 is 1.24 bits per heavy atom. The highest BCUT2D eigenvalue weighted by Gasteiger charge is 2.22. The van der Waals surface area contributed by atoms with Crippen molar-refractivity contribution in [1.29, 1.82) is 0 Å². The molecule has 4 heteroatoms. The van der Waals surface area contributed by atoms with Crippen molar-refractivity contribution in [3.8, 4) is 0 Å². The maximum Gasteiger partial charge on any atom is 0.241 e. The van der Waals surface area contributed by atoms with Gasteiger partial charge in [0, 0.05) is 18.8 Å². The first-order chi connectivity index (χ1) is 10.1. The second kappa shape index (κ2) is 7.46. The number of benzene rings is 1. The maximum absolute atomic E-state index is 12.3. The first kappa shape index (κ1) is 15.8. The van der Waals surface area contributed by atoms with E-state index in [1.165, 1.54) is 11.1 Å². The molecule has 1 aromatic rings. The van der Waals surface area contributed by atoms with E-state index in [1.54, 1.807) is 0 Å². The highest BCUT2D eigenvalue weighted by Crippen LogP contribution is 2.20. The van der Waals surface area contributed by atoms with Gasteiger partial charge in [-0.2, -0.15) is 0 Å². The van der Waals surface area contributed by atoms with Gasteiger partial charge in [-0.1, -0.05) is 18.2 Å². The van der Waals surface area contributed by atoms with Gasteiger partial charge >= 0.3 is 0 Å². The average molecular weight is 289 g/mol. The quantitative estimate of drug-likeness (QED) is 0.873. The summed E-state index contributed by atoms with van der Waals surface area (Å²) in [5.74, 6) is 0.922. The van der Waals surface area contributed by atoms with E-state index in [1.807, 2.05) is 18.0 Å². The Balaban J connectivity index is 1.83. The molecule has 0 aromatic heterocycles. The van der Waals surface area contributed by atoms with Crippen LogP contribution in [0.2, 0.25) is 0 Å². The minimum absolute atomic E-state index is 0.209. The van der Waals surface area contributed by atoms with E-state index in [2.05, 4.69) is 36.6 Å². The number of hydrogen-bond donors (Lipinski definition) is 2. The lowest BCUT2D eigenvalue weighted by Crippen LogP contribution is -2.42. The summed E-state index contributed by atoms with van der Waals surface area (Å²) in [6.07, 6.45) is 2.21.